The number of rotatable bonds is 5. The van der Waals surface area contributed by atoms with Crippen molar-refractivity contribution in [2.75, 3.05) is 11.9 Å². The highest BCUT2D eigenvalue weighted by atomic mass is 35.5. The number of nitro groups is 1. The van der Waals surface area contributed by atoms with E-state index in [1.807, 2.05) is 24.3 Å². The van der Waals surface area contributed by atoms with Crippen LogP contribution in [-0.2, 0) is 6.42 Å². The molecule has 0 unspecified atom stereocenters. The van der Waals surface area contributed by atoms with E-state index in [1.165, 1.54) is 12.1 Å². The predicted molar refractivity (Wildman–Crippen MR) is 86.8 cm³/mol. The molecule has 0 spiro atoms. The Balaban J connectivity index is 2.03. The molecule has 7 heteroatoms. The fourth-order valence-corrected chi connectivity index (χ4v) is 2.55. The highest BCUT2D eigenvalue weighted by Gasteiger charge is 2.14. The van der Waals surface area contributed by atoms with Crippen molar-refractivity contribution < 1.29 is 4.92 Å². The summed E-state index contributed by atoms with van der Waals surface area (Å²) < 4.78 is 0. The van der Waals surface area contributed by atoms with Gasteiger partial charge in [-0.2, -0.15) is 0 Å². The van der Waals surface area contributed by atoms with Crippen LogP contribution in [-0.4, -0.2) is 11.5 Å². The van der Waals surface area contributed by atoms with E-state index in [1.54, 1.807) is 0 Å². The normalized spacial score (nSPS) is 10.4. The van der Waals surface area contributed by atoms with E-state index in [-0.39, 0.29) is 15.7 Å². The lowest BCUT2D eigenvalue weighted by Gasteiger charge is -2.10. The number of nitrogens with zero attached hydrogens (tertiary/aromatic N) is 1. The molecule has 21 heavy (non-hydrogen) atoms. The maximum atomic E-state index is 10.7. The molecular formula is C14H11Cl3N2O2. The molecular weight excluding hydrogens is 335 g/mol. The lowest BCUT2D eigenvalue weighted by molar-refractivity contribution is -0.384. The molecule has 0 aliphatic heterocycles. The zero-order valence-electron chi connectivity index (χ0n) is 10.8. The van der Waals surface area contributed by atoms with Gasteiger partial charge < -0.3 is 5.32 Å². The Kier molecular flexibility index (Phi) is 5.28. The van der Waals surface area contributed by atoms with Crippen LogP contribution in [0.5, 0.6) is 0 Å². The zero-order chi connectivity index (χ0) is 15.4. The average Bonchev–Trinajstić information content (AvgIpc) is 2.43. The van der Waals surface area contributed by atoms with Crippen LogP contribution in [0.15, 0.2) is 36.4 Å². The number of benzene rings is 2. The predicted octanol–water partition coefficient (Wildman–Crippen LogP) is 5.21. The van der Waals surface area contributed by atoms with Gasteiger partial charge in [0.15, 0.2) is 0 Å². The molecule has 0 aliphatic rings. The summed E-state index contributed by atoms with van der Waals surface area (Å²) in [6.45, 7) is 0.596. The smallest absolute Gasteiger partial charge is 0.272 e. The van der Waals surface area contributed by atoms with Crippen molar-refractivity contribution in [3.8, 4) is 0 Å². The van der Waals surface area contributed by atoms with Crippen LogP contribution >= 0.6 is 34.8 Å². The largest absolute Gasteiger partial charge is 0.382 e. The molecule has 0 saturated heterocycles. The number of hydrogen-bond acceptors (Lipinski definition) is 3. The van der Waals surface area contributed by atoms with Crippen molar-refractivity contribution in [3.05, 3.63) is 67.1 Å². The van der Waals surface area contributed by atoms with Crippen LogP contribution in [0.25, 0.3) is 0 Å². The van der Waals surface area contributed by atoms with Crippen LogP contribution in [0.2, 0.25) is 15.1 Å². The summed E-state index contributed by atoms with van der Waals surface area (Å²) in [5, 5.41) is 14.9. The molecule has 2 rings (SSSR count). The molecule has 110 valence electrons. The second-order valence-corrected chi connectivity index (χ2v) is 5.60. The second kappa shape index (κ2) is 6.98. The molecule has 0 aliphatic carbocycles. The maximum absolute atomic E-state index is 10.7. The van der Waals surface area contributed by atoms with Gasteiger partial charge in [-0.3, -0.25) is 10.1 Å². The zero-order valence-corrected chi connectivity index (χ0v) is 13.0. The fourth-order valence-electron chi connectivity index (χ4n) is 1.82. The third kappa shape index (κ3) is 4.24. The Morgan fingerprint density at radius 3 is 2.14 bits per heavy atom. The van der Waals surface area contributed by atoms with E-state index in [0.29, 0.717) is 17.3 Å². The summed E-state index contributed by atoms with van der Waals surface area (Å²) in [4.78, 5) is 10.2. The molecule has 0 radical (unpaired) electrons. The van der Waals surface area contributed by atoms with Gasteiger partial charge in [-0.1, -0.05) is 46.9 Å². The van der Waals surface area contributed by atoms with Crippen LogP contribution < -0.4 is 5.32 Å². The Labute approximate surface area is 136 Å². The Morgan fingerprint density at radius 2 is 1.62 bits per heavy atom. The summed E-state index contributed by atoms with van der Waals surface area (Å²) in [5.74, 6) is 0. The number of nitro benzene ring substituents is 1. The summed E-state index contributed by atoms with van der Waals surface area (Å²) in [7, 11) is 0. The highest BCUT2D eigenvalue weighted by molar-refractivity contribution is 6.39. The van der Waals surface area contributed by atoms with Crippen molar-refractivity contribution in [1.82, 2.24) is 0 Å². The summed E-state index contributed by atoms with van der Waals surface area (Å²) >= 11 is 17.8. The van der Waals surface area contributed by atoms with Gasteiger partial charge >= 0.3 is 0 Å². The molecule has 0 saturated carbocycles. The van der Waals surface area contributed by atoms with Gasteiger partial charge in [0.25, 0.3) is 5.69 Å². The minimum atomic E-state index is -0.532. The monoisotopic (exact) mass is 344 g/mol. The van der Waals surface area contributed by atoms with Crippen LogP contribution in [0.4, 0.5) is 11.4 Å². The third-order valence-corrected chi connectivity index (χ3v) is 3.71. The second-order valence-electron chi connectivity index (χ2n) is 4.34. The Morgan fingerprint density at radius 1 is 1.05 bits per heavy atom. The van der Waals surface area contributed by atoms with Crippen molar-refractivity contribution >= 4 is 46.2 Å². The molecule has 0 fully saturated rings. The summed E-state index contributed by atoms with van der Waals surface area (Å²) in [6, 6.07) is 10.1. The number of hydrogen-bond donors (Lipinski definition) is 1. The van der Waals surface area contributed by atoms with Crippen molar-refractivity contribution in [2.45, 2.75) is 6.42 Å². The van der Waals surface area contributed by atoms with Gasteiger partial charge in [-0.05, 0) is 24.1 Å². The summed E-state index contributed by atoms with van der Waals surface area (Å²) in [5.41, 5.74) is 1.48. The van der Waals surface area contributed by atoms with Crippen molar-refractivity contribution in [2.24, 2.45) is 0 Å². The number of non-ortho nitro benzene ring substituents is 1. The van der Waals surface area contributed by atoms with Gasteiger partial charge in [-0.25, -0.2) is 0 Å². The van der Waals surface area contributed by atoms with E-state index < -0.39 is 4.92 Å². The molecule has 0 atom stereocenters. The first-order valence-electron chi connectivity index (χ1n) is 6.09. The molecule has 0 bridgehead atoms. The van der Waals surface area contributed by atoms with Gasteiger partial charge in [0, 0.05) is 23.7 Å². The molecule has 1 N–H and O–H groups in total. The van der Waals surface area contributed by atoms with Gasteiger partial charge in [0.2, 0.25) is 0 Å². The molecule has 0 aromatic heterocycles. The lowest BCUT2D eigenvalue weighted by atomic mass is 10.1. The molecule has 2 aromatic carbocycles. The standard InChI is InChI=1S/C14H11Cl3N2O2/c15-10-3-1-9(2-4-10)5-6-18-14-12(16)7-11(19(20)21)8-13(14)17/h1-4,7-8,18H,5-6H2. The van der Waals surface area contributed by atoms with Crippen molar-refractivity contribution in [1.29, 1.82) is 0 Å². The first-order valence-corrected chi connectivity index (χ1v) is 7.22. The molecule has 4 nitrogen and oxygen atoms in total. The maximum Gasteiger partial charge on any atom is 0.272 e. The van der Waals surface area contributed by atoms with Crippen LogP contribution in [0.1, 0.15) is 5.56 Å². The minimum Gasteiger partial charge on any atom is -0.382 e. The summed E-state index contributed by atoms with van der Waals surface area (Å²) in [6.07, 6.45) is 0.751. The minimum absolute atomic E-state index is 0.131. The van der Waals surface area contributed by atoms with Crippen LogP contribution in [0.3, 0.4) is 0 Å². The van der Waals surface area contributed by atoms with Crippen molar-refractivity contribution in [3.63, 3.8) is 0 Å². The highest BCUT2D eigenvalue weighted by Crippen LogP contribution is 2.34. The molecule has 0 amide bonds. The fraction of sp³-hybridized carbons (Fsp3) is 0.143. The third-order valence-electron chi connectivity index (χ3n) is 2.87. The number of anilines is 1. The SMILES string of the molecule is O=[N+]([O-])c1cc(Cl)c(NCCc2ccc(Cl)cc2)c(Cl)c1. The van der Waals surface area contributed by atoms with E-state index in [2.05, 4.69) is 5.32 Å². The Bertz CT molecular complexity index is 637. The van der Waals surface area contributed by atoms with E-state index in [9.17, 15) is 10.1 Å². The quantitative estimate of drug-likeness (QED) is 0.598. The van der Waals surface area contributed by atoms with E-state index >= 15 is 0 Å². The lowest BCUT2D eigenvalue weighted by Crippen LogP contribution is -2.06. The van der Waals surface area contributed by atoms with Gasteiger partial charge in [0.1, 0.15) is 0 Å². The number of nitrogens with one attached hydrogen (secondary N) is 1. The number of halogens is 3. The van der Waals surface area contributed by atoms with E-state index in [4.69, 9.17) is 34.8 Å². The van der Waals surface area contributed by atoms with Crippen LogP contribution in [0, 0.1) is 10.1 Å². The first kappa shape index (κ1) is 15.9. The van der Waals surface area contributed by atoms with Gasteiger partial charge in [0.05, 0.1) is 20.7 Å². The van der Waals surface area contributed by atoms with Gasteiger partial charge in [-0.15, -0.1) is 0 Å². The molecule has 2 aromatic rings. The topological polar surface area (TPSA) is 55.2 Å². The first-order chi connectivity index (χ1) is 9.97. The molecule has 0 heterocycles. The Hall–Kier alpha value is -1.49. The average molecular weight is 346 g/mol. The van der Waals surface area contributed by atoms with E-state index in [0.717, 1.165) is 12.0 Å².